The van der Waals surface area contributed by atoms with Crippen LogP contribution in [-0.4, -0.2) is 56.3 Å². The first-order chi connectivity index (χ1) is 6.75. The Hall–Kier alpha value is -1.31. The van der Waals surface area contributed by atoms with Gasteiger partial charge in [0.2, 0.25) is 11.4 Å². The second-order valence-corrected chi connectivity index (χ2v) is 3.07. The van der Waals surface area contributed by atoms with Crippen LogP contribution in [0.5, 0.6) is 0 Å². The van der Waals surface area contributed by atoms with Crippen molar-refractivity contribution in [3.63, 3.8) is 0 Å². The minimum absolute atomic E-state index is 0.998. The van der Waals surface area contributed by atoms with Gasteiger partial charge in [-0.3, -0.25) is 9.59 Å². The first-order valence-corrected chi connectivity index (χ1v) is 4.06. The van der Waals surface area contributed by atoms with Gasteiger partial charge in [0, 0.05) is 0 Å². The summed E-state index contributed by atoms with van der Waals surface area (Å²) >= 11 is 0. The lowest BCUT2D eigenvalue weighted by Crippen LogP contribution is -2.50. The van der Waals surface area contributed by atoms with Crippen molar-refractivity contribution >= 4 is 17.5 Å². The summed E-state index contributed by atoms with van der Waals surface area (Å²) in [5, 5.41) is 35.1. The Balaban J connectivity index is 4.90. The third kappa shape index (κ3) is 3.08. The number of aliphatic hydroxyl groups excluding tert-OH is 2. The highest BCUT2D eigenvalue weighted by atomic mass is 16.4. The fourth-order valence-corrected chi connectivity index (χ4v) is 0.824. The van der Waals surface area contributed by atoms with Gasteiger partial charge in [-0.25, -0.2) is 4.79 Å². The van der Waals surface area contributed by atoms with Crippen LogP contribution in [0.3, 0.4) is 0 Å². The van der Waals surface area contributed by atoms with Crippen LogP contribution < -0.4 is 0 Å². The zero-order chi connectivity index (χ0) is 12.2. The Bertz CT molecular complexity index is 283. The van der Waals surface area contributed by atoms with Crippen LogP contribution in [0.2, 0.25) is 0 Å². The summed E-state index contributed by atoms with van der Waals surface area (Å²) in [7, 11) is 0. The lowest BCUT2D eigenvalue weighted by atomic mass is 9.91. The summed E-state index contributed by atoms with van der Waals surface area (Å²) in [6, 6.07) is 0. The summed E-state index contributed by atoms with van der Waals surface area (Å²) < 4.78 is 0. The molecule has 7 nitrogen and oxygen atoms in total. The molecule has 0 aliphatic heterocycles. The van der Waals surface area contributed by atoms with Gasteiger partial charge in [0.15, 0.2) is 5.78 Å². The Morgan fingerprint density at radius 3 is 2.07 bits per heavy atom. The maximum absolute atomic E-state index is 11.0. The molecule has 2 unspecified atom stereocenters. The molecular formula is C8H12O7. The van der Waals surface area contributed by atoms with Crippen LogP contribution >= 0.6 is 0 Å². The molecule has 0 saturated carbocycles. The third-order valence-electron chi connectivity index (χ3n) is 1.85. The van der Waals surface area contributed by atoms with Gasteiger partial charge in [0.05, 0.1) is 6.42 Å². The number of aliphatic carboxylic acids is 1. The second-order valence-electron chi connectivity index (χ2n) is 3.07. The van der Waals surface area contributed by atoms with E-state index in [1.54, 1.807) is 0 Å². The largest absolute Gasteiger partial charge is 0.479 e. The number of carbonyl (C=O) groups excluding carboxylic acids is 2. The van der Waals surface area contributed by atoms with Gasteiger partial charge in [0.1, 0.15) is 12.7 Å². The van der Waals surface area contributed by atoms with Gasteiger partial charge < -0.3 is 20.4 Å². The Labute approximate surface area is 85.0 Å². The second kappa shape index (κ2) is 4.96. The minimum Gasteiger partial charge on any atom is -0.479 e. The van der Waals surface area contributed by atoms with E-state index in [0.717, 1.165) is 6.92 Å². The molecule has 0 amide bonds. The van der Waals surface area contributed by atoms with Crippen molar-refractivity contribution in [1.82, 2.24) is 0 Å². The molecule has 0 aromatic heterocycles. The van der Waals surface area contributed by atoms with Crippen molar-refractivity contribution in [2.45, 2.75) is 25.0 Å². The van der Waals surface area contributed by atoms with E-state index in [1.807, 2.05) is 0 Å². The first kappa shape index (κ1) is 13.7. The number of Topliss-reactive ketones (excluding diaryl/α,β-unsaturated/α-hetero) is 2. The maximum Gasteiger partial charge on any atom is 0.344 e. The van der Waals surface area contributed by atoms with Crippen LogP contribution in [-0.2, 0) is 14.4 Å². The molecule has 0 spiro atoms. The predicted octanol–water partition coefficient (Wildman–Crippen LogP) is -2.30. The number of hydrogen-bond acceptors (Lipinski definition) is 6. The fourth-order valence-electron chi connectivity index (χ4n) is 0.824. The molecule has 0 heterocycles. The van der Waals surface area contributed by atoms with Crippen molar-refractivity contribution in [3.8, 4) is 0 Å². The van der Waals surface area contributed by atoms with Crippen molar-refractivity contribution in [3.05, 3.63) is 0 Å². The SMILES string of the molecule is CC(O)C(=O)CC(O)(C(=O)O)C(=O)CO. The molecule has 7 heteroatoms. The minimum atomic E-state index is -2.97. The molecule has 0 fully saturated rings. The fraction of sp³-hybridized carbons (Fsp3) is 0.625. The highest BCUT2D eigenvalue weighted by molar-refractivity contribution is 6.10. The highest BCUT2D eigenvalue weighted by Crippen LogP contribution is 2.14. The molecule has 0 aliphatic rings. The van der Waals surface area contributed by atoms with E-state index < -0.39 is 42.3 Å². The van der Waals surface area contributed by atoms with Crippen molar-refractivity contribution in [2.75, 3.05) is 6.61 Å². The number of carboxylic acids is 1. The zero-order valence-electron chi connectivity index (χ0n) is 8.01. The van der Waals surface area contributed by atoms with Gasteiger partial charge in [-0.1, -0.05) is 0 Å². The average Bonchev–Trinajstić information content (AvgIpc) is 2.15. The van der Waals surface area contributed by atoms with E-state index in [0.29, 0.717) is 0 Å². The normalized spacial score (nSPS) is 16.5. The van der Waals surface area contributed by atoms with Crippen LogP contribution in [0.25, 0.3) is 0 Å². The van der Waals surface area contributed by atoms with Crippen LogP contribution in [0.4, 0.5) is 0 Å². The molecule has 0 rings (SSSR count). The van der Waals surface area contributed by atoms with Gasteiger partial charge in [-0.15, -0.1) is 0 Å². The molecule has 86 valence electrons. The monoisotopic (exact) mass is 220 g/mol. The first-order valence-electron chi connectivity index (χ1n) is 4.06. The molecule has 2 atom stereocenters. The molecule has 0 aliphatic carbocycles. The number of rotatable bonds is 6. The summed E-state index contributed by atoms with van der Waals surface area (Å²) in [5.41, 5.74) is -2.97. The van der Waals surface area contributed by atoms with Crippen molar-refractivity contribution in [2.24, 2.45) is 0 Å². The van der Waals surface area contributed by atoms with E-state index in [1.165, 1.54) is 0 Å². The zero-order valence-corrected chi connectivity index (χ0v) is 8.01. The molecule has 15 heavy (non-hydrogen) atoms. The number of hydrogen-bond donors (Lipinski definition) is 4. The van der Waals surface area contributed by atoms with Crippen LogP contribution in [0.15, 0.2) is 0 Å². The topological polar surface area (TPSA) is 132 Å². The molecule has 0 aromatic rings. The predicted molar refractivity (Wildman–Crippen MR) is 46.0 cm³/mol. The van der Waals surface area contributed by atoms with Crippen LogP contribution in [0.1, 0.15) is 13.3 Å². The van der Waals surface area contributed by atoms with Gasteiger partial charge in [-0.2, -0.15) is 0 Å². The third-order valence-corrected chi connectivity index (χ3v) is 1.85. The lowest BCUT2D eigenvalue weighted by molar-refractivity contribution is -0.169. The number of carbonyl (C=O) groups is 3. The smallest absolute Gasteiger partial charge is 0.344 e. The van der Waals surface area contributed by atoms with Crippen LogP contribution in [0, 0.1) is 0 Å². The summed E-state index contributed by atoms with van der Waals surface area (Å²) in [6.45, 7) is -0.121. The maximum atomic E-state index is 11.0. The molecular weight excluding hydrogens is 208 g/mol. The Morgan fingerprint density at radius 1 is 1.33 bits per heavy atom. The van der Waals surface area contributed by atoms with E-state index in [2.05, 4.69) is 0 Å². The summed E-state index contributed by atoms with van der Waals surface area (Å²) in [5.74, 6) is -4.33. The van der Waals surface area contributed by atoms with Gasteiger partial charge >= 0.3 is 5.97 Å². The van der Waals surface area contributed by atoms with E-state index in [9.17, 15) is 19.5 Å². The summed E-state index contributed by atoms with van der Waals surface area (Å²) in [6.07, 6.45) is -2.55. The summed E-state index contributed by atoms with van der Waals surface area (Å²) in [4.78, 5) is 32.5. The highest BCUT2D eigenvalue weighted by Gasteiger charge is 2.45. The van der Waals surface area contributed by atoms with Crippen molar-refractivity contribution < 1.29 is 34.8 Å². The number of ketones is 2. The molecule has 0 aromatic carbocycles. The van der Waals surface area contributed by atoms with E-state index in [-0.39, 0.29) is 0 Å². The molecule has 0 bridgehead atoms. The van der Waals surface area contributed by atoms with Crippen molar-refractivity contribution in [1.29, 1.82) is 0 Å². The average molecular weight is 220 g/mol. The Kier molecular flexibility index (Phi) is 4.53. The van der Waals surface area contributed by atoms with Gasteiger partial charge in [0.25, 0.3) is 0 Å². The quantitative estimate of drug-likeness (QED) is 0.370. The van der Waals surface area contributed by atoms with Gasteiger partial charge in [-0.05, 0) is 6.92 Å². The number of carboxylic acid groups (broad SMARTS) is 1. The standard InChI is InChI=1S/C8H12O7/c1-4(10)5(11)2-8(15,7(13)14)6(12)3-9/h4,9-10,15H,2-3H2,1H3,(H,13,14). The lowest BCUT2D eigenvalue weighted by Gasteiger charge is -2.20. The number of aliphatic hydroxyl groups is 3. The molecule has 4 N–H and O–H groups in total. The van der Waals surface area contributed by atoms with E-state index >= 15 is 0 Å². The molecule has 0 saturated heterocycles. The van der Waals surface area contributed by atoms with E-state index in [4.69, 9.17) is 15.3 Å². The molecule has 0 radical (unpaired) electrons. The Morgan fingerprint density at radius 2 is 1.80 bits per heavy atom.